The smallest absolute Gasteiger partial charge is 0.220 e. The molecule has 14 nitrogen and oxygen atoms in total. The number of carbonyl (C=O) groups excluding carboxylic acids is 1. The van der Waals surface area contributed by atoms with E-state index in [4.69, 9.17) is 18.9 Å². The van der Waals surface area contributed by atoms with E-state index in [2.05, 4.69) is 55.6 Å². The molecule has 14 heteroatoms. The first kappa shape index (κ1) is 88.0. The van der Waals surface area contributed by atoms with Gasteiger partial charge in [0.15, 0.2) is 12.6 Å². The number of hydrogen-bond donors (Lipinski definition) is 9. The van der Waals surface area contributed by atoms with E-state index >= 15 is 0 Å². The van der Waals surface area contributed by atoms with E-state index < -0.39 is 86.8 Å². The maximum Gasteiger partial charge on any atom is 0.220 e. The van der Waals surface area contributed by atoms with Crippen LogP contribution in [0.15, 0.2) is 48.6 Å². The van der Waals surface area contributed by atoms with Gasteiger partial charge < -0.3 is 65.1 Å². The van der Waals surface area contributed by atoms with Gasteiger partial charge in [0.2, 0.25) is 5.91 Å². The standard InChI is InChI=1S/C80H149NO13/c1-3-5-7-9-11-13-15-17-19-21-23-25-26-27-28-29-30-31-32-33-34-35-36-37-38-39-40-41-42-44-46-48-50-52-54-56-58-60-62-64-72(85)81-68(69(84)63-61-59-57-55-53-51-49-47-45-43-24-22-20-18-16-14-12-10-8-6-4-2)67-91-79-77(90)75(88)78(71(66-83)93-79)94-80-76(89)74(87)73(86)70(65-82)92-80/h15,17,21,23,26-27,61,63,68-71,73-80,82-84,86-90H,3-14,16,18-20,22,24-25,28-60,62,64-67H2,1-2H3,(H,81,85)/b17-15-,23-21-,27-26-,63-61+. The zero-order chi connectivity index (χ0) is 68.0. The summed E-state index contributed by atoms with van der Waals surface area (Å²) in [6, 6.07) is -0.915. The van der Waals surface area contributed by atoms with Crippen molar-refractivity contribution >= 4 is 5.91 Å². The number of unbranched alkanes of at least 4 members (excludes halogenated alkanes) is 48. The summed E-state index contributed by atoms with van der Waals surface area (Å²) in [6.45, 7) is 2.84. The minimum absolute atomic E-state index is 0.232. The largest absolute Gasteiger partial charge is 0.394 e. The minimum Gasteiger partial charge on any atom is -0.394 e. The number of carbonyl (C=O) groups is 1. The second kappa shape index (κ2) is 64.3. The number of allylic oxidation sites excluding steroid dienone is 7. The maximum atomic E-state index is 13.4. The van der Waals surface area contributed by atoms with E-state index in [-0.39, 0.29) is 18.9 Å². The second-order valence-electron chi connectivity index (χ2n) is 28.2. The fourth-order valence-electron chi connectivity index (χ4n) is 13.2. The fourth-order valence-corrected chi connectivity index (χ4v) is 13.2. The third-order valence-corrected chi connectivity index (χ3v) is 19.5. The molecule has 0 bridgehead atoms. The average Bonchev–Trinajstić information content (AvgIpc) is 0.794. The highest BCUT2D eigenvalue weighted by atomic mass is 16.7. The van der Waals surface area contributed by atoms with Crippen LogP contribution in [-0.2, 0) is 23.7 Å². The normalized spacial score (nSPS) is 22.7. The Morgan fingerprint density at radius 2 is 0.702 bits per heavy atom. The van der Waals surface area contributed by atoms with Crippen LogP contribution in [0, 0.1) is 0 Å². The van der Waals surface area contributed by atoms with Crippen LogP contribution in [0.2, 0.25) is 0 Å². The molecule has 2 rings (SSSR count). The SMILES string of the molecule is CCCCCCC/C=C\C/C=C\C/C=C\CCCCCCCCCCCCCCCCCCCCCCCCCCC(=O)NC(COC1OC(CO)C(OC2OC(CO)C(O)C(O)C2O)C(O)C1O)C(O)/C=C/CCCCCCCCCCCCCCCCCCCCC. The molecule has 2 aliphatic rings. The van der Waals surface area contributed by atoms with Crippen molar-refractivity contribution in [1.82, 2.24) is 5.32 Å². The summed E-state index contributed by atoms with van der Waals surface area (Å²) in [5, 5.41) is 87.6. The van der Waals surface area contributed by atoms with E-state index in [1.165, 1.54) is 283 Å². The first-order chi connectivity index (χ1) is 46.1. The summed E-state index contributed by atoms with van der Waals surface area (Å²) in [5.74, 6) is -0.232. The number of aliphatic hydroxyl groups is 8. The van der Waals surface area contributed by atoms with Crippen molar-refractivity contribution in [3.63, 3.8) is 0 Å². The summed E-state index contributed by atoms with van der Waals surface area (Å²) in [4.78, 5) is 13.4. The van der Waals surface area contributed by atoms with Crippen LogP contribution >= 0.6 is 0 Å². The predicted molar refractivity (Wildman–Crippen MR) is 388 cm³/mol. The van der Waals surface area contributed by atoms with E-state index in [9.17, 15) is 45.6 Å². The van der Waals surface area contributed by atoms with Crippen molar-refractivity contribution in [2.45, 2.75) is 434 Å². The molecule has 2 aliphatic heterocycles. The van der Waals surface area contributed by atoms with Crippen LogP contribution in [-0.4, -0.2) is 140 Å². The van der Waals surface area contributed by atoms with Crippen LogP contribution < -0.4 is 5.32 Å². The Morgan fingerprint density at radius 1 is 0.383 bits per heavy atom. The molecule has 9 N–H and O–H groups in total. The van der Waals surface area contributed by atoms with Gasteiger partial charge >= 0.3 is 0 Å². The Hall–Kier alpha value is -2.05. The van der Waals surface area contributed by atoms with Gasteiger partial charge in [-0.3, -0.25) is 4.79 Å². The molecule has 12 unspecified atom stereocenters. The minimum atomic E-state index is -1.79. The van der Waals surface area contributed by atoms with Crippen LogP contribution in [0.1, 0.15) is 361 Å². The molecule has 0 spiro atoms. The lowest BCUT2D eigenvalue weighted by atomic mass is 9.97. The number of rotatable bonds is 67. The van der Waals surface area contributed by atoms with Gasteiger partial charge in [0.05, 0.1) is 32.0 Å². The lowest BCUT2D eigenvalue weighted by Gasteiger charge is -2.46. The van der Waals surface area contributed by atoms with E-state index in [1.807, 2.05) is 6.08 Å². The molecular weight excluding hydrogens is 1180 g/mol. The van der Waals surface area contributed by atoms with Crippen molar-refractivity contribution in [2.24, 2.45) is 0 Å². The van der Waals surface area contributed by atoms with Gasteiger partial charge in [-0.2, -0.15) is 0 Å². The first-order valence-electron chi connectivity index (χ1n) is 39.9. The summed E-state index contributed by atoms with van der Waals surface area (Å²) < 4.78 is 22.9. The van der Waals surface area contributed by atoms with Crippen molar-refractivity contribution in [2.75, 3.05) is 19.8 Å². The first-order valence-corrected chi connectivity index (χ1v) is 39.9. The van der Waals surface area contributed by atoms with Crippen molar-refractivity contribution in [3.8, 4) is 0 Å². The summed E-state index contributed by atoms with van der Waals surface area (Å²) in [6.07, 6.45) is 69.1. The second-order valence-corrected chi connectivity index (χ2v) is 28.2. The van der Waals surface area contributed by atoms with Crippen LogP contribution in [0.3, 0.4) is 0 Å². The Balaban J connectivity index is 1.57. The molecule has 12 atom stereocenters. The molecule has 94 heavy (non-hydrogen) atoms. The maximum absolute atomic E-state index is 13.4. The Kier molecular flexibility index (Phi) is 60.3. The third kappa shape index (κ3) is 47.1. The molecule has 0 radical (unpaired) electrons. The highest BCUT2D eigenvalue weighted by molar-refractivity contribution is 5.76. The monoisotopic (exact) mass is 1330 g/mol. The highest BCUT2D eigenvalue weighted by Gasteiger charge is 2.51. The number of hydrogen-bond acceptors (Lipinski definition) is 13. The third-order valence-electron chi connectivity index (χ3n) is 19.5. The average molecular weight is 1330 g/mol. The molecule has 2 saturated heterocycles. The highest BCUT2D eigenvalue weighted by Crippen LogP contribution is 2.30. The van der Waals surface area contributed by atoms with Crippen molar-refractivity contribution < 1.29 is 64.6 Å². The number of nitrogens with one attached hydrogen (secondary N) is 1. The van der Waals surface area contributed by atoms with Gasteiger partial charge in [-0.1, -0.05) is 345 Å². The lowest BCUT2D eigenvalue weighted by Crippen LogP contribution is -2.65. The van der Waals surface area contributed by atoms with Crippen molar-refractivity contribution in [1.29, 1.82) is 0 Å². The van der Waals surface area contributed by atoms with Gasteiger partial charge in [0, 0.05) is 6.42 Å². The number of aliphatic hydroxyl groups excluding tert-OH is 8. The molecule has 1 amide bonds. The topological polar surface area (TPSA) is 228 Å². The molecule has 0 aromatic heterocycles. The predicted octanol–water partition coefficient (Wildman–Crippen LogP) is 17.8. The zero-order valence-corrected chi connectivity index (χ0v) is 60.5. The van der Waals surface area contributed by atoms with Gasteiger partial charge in [0.1, 0.15) is 48.8 Å². The quantitative estimate of drug-likeness (QED) is 0.0204. The van der Waals surface area contributed by atoms with Gasteiger partial charge in [-0.25, -0.2) is 0 Å². The van der Waals surface area contributed by atoms with Crippen molar-refractivity contribution in [3.05, 3.63) is 48.6 Å². The number of amides is 1. The molecule has 0 aromatic carbocycles. The summed E-state index contributed by atoms with van der Waals surface area (Å²) >= 11 is 0. The lowest BCUT2D eigenvalue weighted by molar-refractivity contribution is -0.359. The zero-order valence-electron chi connectivity index (χ0n) is 60.5. The van der Waals surface area contributed by atoms with E-state index in [1.54, 1.807) is 6.08 Å². The Morgan fingerprint density at radius 3 is 1.07 bits per heavy atom. The van der Waals surface area contributed by atoms with E-state index in [0.29, 0.717) is 6.42 Å². The molecule has 0 aromatic rings. The molecule has 0 aliphatic carbocycles. The summed E-state index contributed by atoms with van der Waals surface area (Å²) in [7, 11) is 0. The van der Waals surface area contributed by atoms with Gasteiger partial charge in [-0.15, -0.1) is 0 Å². The molecule has 2 heterocycles. The molecule has 552 valence electrons. The molecule has 2 fully saturated rings. The van der Waals surface area contributed by atoms with Crippen LogP contribution in [0.25, 0.3) is 0 Å². The molecule has 0 saturated carbocycles. The molecular formula is C80H149NO13. The van der Waals surface area contributed by atoms with Gasteiger partial charge in [-0.05, 0) is 57.8 Å². The number of ether oxygens (including phenoxy) is 4. The fraction of sp³-hybridized carbons (Fsp3) is 0.887. The summed E-state index contributed by atoms with van der Waals surface area (Å²) in [5.41, 5.74) is 0. The van der Waals surface area contributed by atoms with Gasteiger partial charge in [0.25, 0.3) is 0 Å². The Labute approximate surface area is 575 Å². The Bertz CT molecular complexity index is 1760. The van der Waals surface area contributed by atoms with Crippen LogP contribution in [0.5, 0.6) is 0 Å². The van der Waals surface area contributed by atoms with E-state index in [0.717, 1.165) is 51.4 Å². The van der Waals surface area contributed by atoms with Crippen LogP contribution in [0.4, 0.5) is 0 Å².